The number of nitrogens with zero attached hydrogens (tertiary/aromatic N) is 2. The Hall–Kier alpha value is -4.01. The summed E-state index contributed by atoms with van der Waals surface area (Å²) in [5, 5.41) is 13.7. The van der Waals surface area contributed by atoms with E-state index >= 15 is 4.39 Å². The molecule has 0 aliphatic carbocycles. The average molecular weight is 544 g/mol. The van der Waals surface area contributed by atoms with E-state index in [0.29, 0.717) is 5.82 Å². The first kappa shape index (κ1) is 27.6. The van der Waals surface area contributed by atoms with Crippen LogP contribution in [0.2, 0.25) is 0 Å². The molecule has 1 saturated heterocycles. The van der Waals surface area contributed by atoms with Gasteiger partial charge in [0.15, 0.2) is 11.9 Å². The number of aromatic nitrogens is 2. The van der Waals surface area contributed by atoms with Gasteiger partial charge >= 0.3 is 5.69 Å². The fourth-order valence-electron chi connectivity index (χ4n) is 5.60. The molecule has 1 aromatic heterocycles. The van der Waals surface area contributed by atoms with Crippen molar-refractivity contribution in [3.8, 4) is 5.75 Å². The standard InChI is InChI=1S/C32H34FN3O4/c1-21-28(22(2)37)40-29(31(21,3)33)36-20-19-27(34-30(36)38)35-32(23-11-7-5-8-12-23,24-13-9-6-10-14-24)25-15-17-26(39-4)18-16-25/h5-22,28-29,37H,1-4H3,(H,34,35,38)/t21-,22-,28+,29-,31-/m1/s1. The third-order valence-corrected chi connectivity index (χ3v) is 7.96. The third-order valence-electron chi connectivity index (χ3n) is 7.96. The Morgan fingerprint density at radius 2 is 1.55 bits per heavy atom. The highest BCUT2D eigenvalue weighted by atomic mass is 19.1. The number of benzene rings is 3. The minimum absolute atomic E-state index is 0.309. The molecule has 0 bridgehead atoms. The molecule has 0 amide bonds. The molecule has 1 fully saturated rings. The summed E-state index contributed by atoms with van der Waals surface area (Å²) in [5.74, 6) is 0.402. The average Bonchev–Trinajstić information content (AvgIpc) is 3.21. The molecule has 40 heavy (non-hydrogen) atoms. The number of alkyl halides is 1. The highest BCUT2D eigenvalue weighted by Gasteiger charge is 2.54. The van der Waals surface area contributed by atoms with E-state index in [4.69, 9.17) is 9.47 Å². The van der Waals surface area contributed by atoms with Gasteiger partial charge in [0.25, 0.3) is 0 Å². The van der Waals surface area contributed by atoms with Crippen LogP contribution in [0.15, 0.2) is 102 Å². The molecule has 0 saturated carbocycles. The Bertz CT molecular complexity index is 1450. The maximum absolute atomic E-state index is 15.8. The molecule has 1 aliphatic rings. The van der Waals surface area contributed by atoms with Crippen LogP contribution in [0.4, 0.5) is 10.2 Å². The summed E-state index contributed by atoms with van der Waals surface area (Å²) in [6.07, 6.45) is -1.36. The van der Waals surface area contributed by atoms with Crippen LogP contribution in [0.3, 0.4) is 0 Å². The van der Waals surface area contributed by atoms with Crippen LogP contribution in [0, 0.1) is 5.92 Å². The molecule has 1 aliphatic heterocycles. The largest absolute Gasteiger partial charge is 0.497 e. The molecule has 5 atom stereocenters. The SMILES string of the molecule is COc1ccc(C(Nc2ccn([C@@H]3O[C@H]([C@@H](C)O)[C@@H](C)[C@@]3(C)F)c(=O)n2)(c2ccccc2)c2ccccc2)cc1. The van der Waals surface area contributed by atoms with E-state index in [1.807, 2.05) is 84.9 Å². The molecule has 2 N–H and O–H groups in total. The van der Waals surface area contributed by atoms with Crippen molar-refractivity contribution in [3.63, 3.8) is 0 Å². The van der Waals surface area contributed by atoms with Gasteiger partial charge in [-0.25, -0.2) is 9.18 Å². The van der Waals surface area contributed by atoms with Crippen molar-refractivity contribution in [2.45, 2.75) is 50.4 Å². The number of aliphatic hydroxyl groups excluding tert-OH is 1. The molecule has 5 rings (SSSR count). The number of nitrogens with one attached hydrogen (secondary N) is 1. The number of aliphatic hydroxyl groups is 1. The van der Waals surface area contributed by atoms with E-state index in [9.17, 15) is 9.90 Å². The number of hydrogen-bond acceptors (Lipinski definition) is 6. The van der Waals surface area contributed by atoms with Gasteiger partial charge in [0, 0.05) is 12.1 Å². The summed E-state index contributed by atoms with van der Waals surface area (Å²) < 4.78 is 28.2. The lowest BCUT2D eigenvalue weighted by Crippen LogP contribution is -2.41. The minimum atomic E-state index is -1.89. The molecule has 0 spiro atoms. The molecule has 8 heteroatoms. The zero-order valence-electron chi connectivity index (χ0n) is 23.0. The maximum atomic E-state index is 15.8. The Morgan fingerprint density at radius 1 is 1.00 bits per heavy atom. The van der Waals surface area contributed by atoms with Crippen LogP contribution in [-0.4, -0.2) is 39.6 Å². The number of ether oxygens (including phenoxy) is 2. The van der Waals surface area contributed by atoms with Crippen molar-refractivity contribution in [2.24, 2.45) is 5.92 Å². The van der Waals surface area contributed by atoms with Crippen molar-refractivity contribution >= 4 is 5.82 Å². The molecule has 7 nitrogen and oxygen atoms in total. The van der Waals surface area contributed by atoms with Crippen LogP contribution in [0.25, 0.3) is 0 Å². The second-order valence-electron chi connectivity index (χ2n) is 10.5. The Morgan fingerprint density at radius 3 is 2.02 bits per heavy atom. The Balaban J connectivity index is 1.62. The monoisotopic (exact) mass is 543 g/mol. The quantitative estimate of drug-likeness (QED) is 0.294. The van der Waals surface area contributed by atoms with Gasteiger partial charge in [-0.3, -0.25) is 4.57 Å². The lowest BCUT2D eigenvalue weighted by molar-refractivity contribution is -0.0798. The zero-order valence-corrected chi connectivity index (χ0v) is 23.0. The van der Waals surface area contributed by atoms with E-state index in [0.717, 1.165) is 27.0 Å². The van der Waals surface area contributed by atoms with E-state index in [1.165, 1.54) is 13.1 Å². The van der Waals surface area contributed by atoms with E-state index in [-0.39, 0.29) is 0 Å². The molecular formula is C32H34FN3O4. The third kappa shape index (κ3) is 4.78. The van der Waals surface area contributed by atoms with Gasteiger partial charge < -0.3 is 19.9 Å². The number of rotatable bonds is 8. The lowest BCUT2D eigenvalue weighted by Gasteiger charge is -2.37. The van der Waals surface area contributed by atoms with Gasteiger partial charge in [-0.1, -0.05) is 79.7 Å². The predicted molar refractivity (Wildman–Crippen MR) is 152 cm³/mol. The number of anilines is 1. The summed E-state index contributed by atoms with van der Waals surface area (Å²) in [4.78, 5) is 17.7. The van der Waals surface area contributed by atoms with Gasteiger partial charge in [-0.05, 0) is 48.7 Å². The van der Waals surface area contributed by atoms with Gasteiger partial charge in [0.2, 0.25) is 0 Å². The smallest absolute Gasteiger partial charge is 0.351 e. The van der Waals surface area contributed by atoms with Crippen LogP contribution in [0.5, 0.6) is 5.75 Å². The normalized spacial score (nSPS) is 23.5. The van der Waals surface area contributed by atoms with E-state index in [1.54, 1.807) is 27.0 Å². The number of halogens is 1. The van der Waals surface area contributed by atoms with Gasteiger partial charge in [0.05, 0.1) is 19.3 Å². The van der Waals surface area contributed by atoms with Crippen LogP contribution in [0.1, 0.15) is 43.7 Å². The van der Waals surface area contributed by atoms with Crippen molar-refractivity contribution in [1.29, 1.82) is 0 Å². The number of methoxy groups -OCH3 is 1. The molecular weight excluding hydrogens is 509 g/mol. The summed E-state index contributed by atoms with van der Waals surface area (Å²) >= 11 is 0. The maximum Gasteiger partial charge on any atom is 0.351 e. The van der Waals surface area contributed by atoms with Crippen molar-refractivity contribution in [2.75, 3.05) is 12.4 Å². The van der Waals surface area contributed by atoms with Crippen LogP contribution >= 0.6 is 0 Å². The second-order valence-corrected chi connectivity index (χ2v) is 10.5. The first-order valence-corrected chi connectivity index (χ1v) is 13.3. The zero-order chi connectivity index (χ0) is 28.5. The summed E-state index contributed by atoms with van der Waals surface area (Å²) in [5.41, 5.74) is -0.709. The summed E-state index contributed by atoms with van der Waals surface area (Å²) in [7, 11) is 1.62. The highest BCUT2D eigenvalue weighted by molar-refractivity contribution is 5.58. The Kier molecular flexibility index (Phi) is 7.49. The van der Waals surface area contributed by atoms with Crippen LogP contribution < -0.4 is 15.7 Å². The topological polar surface area (TPSA) is 85.6 Å². The van der Waals surface area contributed by atoms with Crippen LogP contribution in [-0.2, 0) is 10.3 Å². The molecule has 4 aromatic rings. The molecule has 2 heterocycles. The molecule has 3 aromatic carbocycles. The summed E-state index contributed by atoms with van der Waals surface area (Å²) in [6, 6.07) is 29.2. The highest BCUT2D eigenvalue weighted by Crippen LogP contribution is 2.46. The second kappa shape index (κ2) is 10.9. The fourth-order valence-corrected chi connectivity index (χ4v) is 5.60. The van der Waals surface area contributed by atoms with Crippen molar-refractivity contribution in [1.82, 2.24) is 9.55 Å². The Labute approximate surface area is 233 Å². The molecule has 0 unspecified atom stereocenters. The molecule has 208 valence electrons. The van der Waals surface area contributed by atoms with Gasteiger partial charge in [0.1, 0.15) is 17.1 Å². The first-order valence-electron chi connectivity index (χ1n) is 13.3. The first-order chi connectivity index (χ1) is 19.2. The van der Waals surface area contributed by atoms with Gasteiger partial charge in [-0.2, -0.15) is 4.98 Å². The fraction of sp³-hybridized carbons (Fsp3) is 0.312. The number of hydrogen-bond donors (Lipinski definition) is 2. The van der Waals surface area contributed by atoms with Crippen molar-refractivity contribution < 1.29 is 19.0 Å². The lowest BCUT2D eigenvalue weighted by atomic mass is 9.77. The summed E-state index contributed by atoms with van der Waals surface area (Å²) in [6.45, 7) is 4.62. The van der Waals surface area contributed by atoms with Crippen molar-refractivity contribution in [3.05, 3.63) is 124 Å². The minimum Gasteiger partial charge on any atom is -0.497 e. The van der Waals surface area contributed by atoms with E-state index in [2.05, 4.69) is 10.3 Å². The molecule has 0 radical (unpaired) electrons. The predicted octanol–water partition coefficient (Wildman–Crippen LogP) is 5.30. The van der Waals surface area contributed by atoms with Gasteiger partial charge in [-0.15, -0.1) is 0 Å². The van der Waals surface area contributed by atoms with E-state index < -0.39 is 41.3 Å².